The molecule has 1 aromatic carbocycles. The van der Waals surface area contributed by atoms with Crippen LogP contribution in [-0.4, -0.2) is 43.6 Å². The van der Waals surface area contributed by atoms with E-state index in [0.29, 0.717) is 12.5 Å². The minimum absolute atomic E-state index is 0.123. The Morgan fingerprint density at radius 1 is 1.20 bits per heavy atom. The van der Waals surface area contributed by atoms with Crippen molar-refractivity contribution in [2.24, 2.45) is 5.92 Å². The molecule has 138 valence electrons. The maximum Gasteiger partial charge on any atom is 0.224 e. The summed E-state index contributed by atoms with van der Waals surface area (Å²) >= 11 is 0. The normalized spacial score (nSPS) is 22.5. The molecule has 0 bridgehead atoms. The molecule has 3 rings (SSSR count). The fourth-order valence-electron chi connectivity index (χ4n) is 4.32. The standard InChI is InChI=1S/C21H32N2O2/c1-25-20-11-5-9-18(13-20)14-21(24)22-19-10-6-12-23(16-19)15-17-7-3-2-4-8-17/h5,9,11,13,17,19H,2-4,6-8,10,12,14-16H2,1H3,(H,22,24)/t19-/m0/s1. The largest absolute Gasteiger partial charge is 0.497 e. The number of carbonyl (C=O) groups is 1. The highest BCUT2D eigenvalue weighted by Crippen LogP contribution is 2.25. The molecule has 0 aromatic heterocycles. The Labute approximate surface area is 151 Å². The Morgan fingerprint density at radius 3 is 2.84 bits per heavy atom. The van der Waals surface area contributed by atoms with Crippen molar-refractivity contribution >= 4 is 5.91 Å². The Hall–Kier alpha value is -1.55. The van der Waals surface area contributed by atoms with Gasteiger partial charge >= 0.3 is 0 Å². The van der Waals surface area contributed by atoms with Crippen molar-refractivity contribution in [3.05, 3.63) is 29.8 Å². The van der Waals surface area contributed by atoms with Crippen molar-refractivity contribution in [2.45, 2.75) is 57.4 Å². The monoisotopic (exact) mass is 344 g/mol. The predicted octanol–water partition coefficient (Wildman–Crippen LogP) is 3.40. The van der Waals surface area contributed by atoms with E-state index in [-0.39, 0.29) is 5.91 Å². The van der Waals surface area contributed by atoms with Crippen LogP contribution >= 0.6 is 0 Å². The summed E-state index contributed by atoms with van der Waals surface area (Å²) in [5.41, 5.74) is 1.01. The van der Waals surface area contributed by atoms with E-state index >= 15 is 0 Å². The van der Waals surface area contributed by atoms with Gasteiger partial charge in [0, 0.05) is 19.1 Å². The zero-order chi connectivity index (χ0) is 17.5. The molecule has 0 spiro atoms. The number of carbonyl (C=O) groups excluding carboxylic acids is 1. The molecule has 0 radical (unpaired) electrons. The lowest BCUT2D eigenvalue weighted by atomic mass is 9.88. The van der Waals surface area contributed by atoms with E-state index in [9.17, 15) is 4.79 Å². The molecule has 1 amide bonds. The van der Waals surface area contributed by atoms with E-state index in [2.05, 4.69) is 10.2 Å². The lowest BCUT2D eigenvalue weighted by Crippen LogP contribution is -2.49. The van der Waals surface area contributed by atoms with Crippen LogP contribution in [0.3, 0.4) is 0 Å². The van der Waals surface area contributed by atoms with Crippen molar-refractivity contribution in [1.82, 2.24) is 10.2 Å². The lowest BCUT2D eigenvalue weighted by Gasteiger charge is -2.36. The first-order valence-electron chi connectivity index (χ1n) is 9.87. The van der Waals surface area contributed by atoms with Gasteiger partial charge in [0.05, 0.1) is 13.5 Å². The number of hydrogen-bond acceptors (Lipinski definition) is 3. The Kier molecular flexibility index (Phi) is 6.74. The third-order valence-electron chi connectivity index (χ3n) is 5.61. The average Bonchev–Trinajstić information content (AvgIpc) is 2.63. The second kappa shape index (κ2) is 9.23. The van der Waals surface area contributed by atoms with Gasteiger partial charge in [-0.05, 0) is 55.8 Å². The van der Waals surface area contributed by atoms with Crippen LogP contribution in [0.25, 0.3) is 0 Å². The smallest absolute Gasteiger partial charge is 0.224 e. The van der Waals surface area contributed by atoms with Gasteiger partial charge in [-0.25, -0.2) is 0 Å². The zero-order valence-corrected chi connectivity index (χ0v) is 15.5. The molecular weight excluding hydrogens is 312 g/mol. The summed E-state index contributed by atoms with van der Waals surface area (Å²) < 4.78 is 5.23. The van der Waals surface area contributed by atoms with Crippen molar-refractivity contribution in [3.8, 4) is 5.75 Å². The first-order chi connectivity index (χ1) is 12.2. The Bertz CT molecular complexity index is 555. The van der Waals surface area contributed by atoms with Crippen molar-refractivity contribution in [2.75, 3.05) is 26.7 Å². The van der Waals surface area contributed by atoms with Crippen LogP contribution in [0.4, 0.5) is 0 Å². The van der Waals surface area contributed by atoms with Crippen LogP contribution in [0.1, 0.15) is 50.5 Å². The molecular formula is C21H32N2O2. The number of ether oxygens (including phenoxy) is 1. The molecule has 1 saturated carbocycles. The molecule has 1 saturated heterocycles. The van der Waals surface area contributed by atoms with Crippen LogP contribution in [-0.2, 0) is 11.2 Å². The van der Waals surface area contributed by atoms with Gasteiger partial charge in [0.15, 0.2) is 0 Å². The van der Waals surface area contributed by atoms with Crippen molar-refractivity contribution in [3.63, 3.8) is 0 Å². The van der Waals surface area contributed by atoms with Gasteiger partial charge in [0.1, 0.15) is 5.75 Å². The van der Waals surface area contributed by atoms with Gasteiger partial charge in [0.2, 0.25) is 5.91 Å². The summed E-state index contributed by atoms with van der Waals surface area (Å²) in [5.74, 6) is 1.80. The van der Waals surface area contributed by atoms with E-state index in [1.54, 1.807) is 7.11 Å². The number of methoxy groups -OCH3 is 1. The Morgan fingerprint density at radius 2 is 2.04 bits per heavy atom. The van der Waals surface area contributed by atoms with E-state index in [1.165, 1.54) is 51.6 Å². The van der Waals surface area contributed by atoms with Crippen LogP contribution in [0.15, 0.2) is 24.3 Å². The first-order valence-corrected chi connectivity index (χ1v) is 9.87. The molecule has 1 heterocycles. The molecule has 0 unspecified atom stereocenters. The second-order valence-corrected chi connectivity index (χ2v) is 7.70. The van der Waals surface area contributed by atoms with E-state index < -0.39 is 0 Å². The summed E-state index contributed by atoms with van der Waals surface area (Å²) in [7, 11) is 1.65. The fourth-order valence-corrected chi connectivity index (χ4v) is 4.32. The third-order valence-corrected chi connectivity index (χ3v) is 5.61. The number of rotatable bonds is 6. The molecule has 1 aliphatic heterocycles. The molecule has 2 fully saturated rings. The van der Waals surface area contributed by atoms with Gasteiger partial charge in [-0.3, -0.25) is 4.79 Å². The van der Waals surface area contributed by atoms with Crippen LogP contribution in [0, 0.1) is 5.92 Å². The quantitative estimate of drug-likeness (QED) is 0.860. The summed E-state index contributed by atoms with van der Waals surface area (Å²) in [4.78, 5) is 15.0. The summed E-state index contributed by atoms with van der Waals surface area (Å²) in [6, 6.07) is 8.07. The molecule has 1 aliphatic carbocycles. The Balaban J connectivity index is 1.45. The maximum atomic E-state index is 12.4. The van der Waals surface area contributed by atoms with Crippen molar-refractivity contribution < 1.29 is 9.53 Å². The van der Waals surface area contributed by atoms with E-state index in [0.717, 1.165) is 30.2 Å². The molecule has 1 N–H and O–H groups in total. The summed E-state index contributed by atoms with van der Waals surface area (Å²) in [6.07, 6.45) is 9.72. The highest BCUT2D eigenvalue weighted by molar-refractivity contribution is 5.79. The average molecular weight is 344 g/mol. The predicted molar refractivity (Wildman–Crippen MR) is 101 cm³/mol. The first kappa shape index (κ1) is 18.2. The fraction of sp³-hybridized carbons (Fsp3) is 0.667. The second-order valence-electron chi connectivity index (χ2n) is 7.70. The van der Waals surface area contributed by atoms with E-state index in [4.69, 9.17) is 4.74 Å². The number of hydrogen-bond donors (Lipinski definition) is 1. The molecule has 1 atom stereocenters. The van der Waals surface area contributed by atoms with Crippen LogP contribution < -0.4 is 10.1 Å². The van der Waals surface area contributed by atoms with Gasteiger partial charge in [-0.15, -0.1) is 0 Å². The SMILES string of the molecule is COc1cccc(CC(=O)N[C@H]2CCCN(CC3CCCCC3)C2)c1. The number of piperidine rings is 1. The van der Waals surface area contributed by atoms with Crippen LogP contribution in [0.2, 0.25) is 0 Å². The molecule has 2 aliphatic rings. The highest BCUT2D eigenvalue weighted by atomic mass is 16.5. The number of amides is 1. The molecule has 4 nitrogen and oxygen atoms in total. The molecule has 1 aromatic rings. The number of nitrogens with zero attached hydrogens (tertiary/aromatic N) is 1. The summed E-state index contributed by atoms with van der Waals surface area (Å²) in [5, 5.41) is 3.25. The van der Waals surface area contributed by atoms with Gasteiger partial charge in [0.25, 0.3) is 0 Å². The topological polar surface area (TPSA) is 41.6 Å². The van der Waals surface area contributed by atoms with Gasteiger partial charge in [-0.1, -0.05) is 31.4 Å². The minimum atomic E-state index is 0.123. The lowest BCUT2D eigenvalue weighted by molar-refractivity contribution is -0.121. The maximum absolute atomic E-state index is 12.4. The number of likely N-dealkylation sites (tertiary alicyclic amines) is 1. The minimum Gasteiger partial charge on any atom is -0.497 e. The van der Waals surface area contributed by atoms with E-state index in [1.807, 2.05) is 24.3 Å². The molecule has 4 heteroatoms. The van der Waals surface area contributed by atoms with Crippen LogP contribution in [0.5, 0.6) is 5.75 Å². The number of nitrogens with one attached hydrogen (secondary N) is 1. The zero-order valence-electron chi connectivity index (χ0n) is 15.5. The highest BCUT2D eigenvalue weighted by Gasteiger charge is 2.24. The summed E-state index contributed by atoms with van der Waals surface area (Å²) in [6.45, 7) is 3.43. The molecule has 25 heavy (non-hydrogen) atoms. The van der Waals surface area contributed by atoms with Gasteiger partial charge in [-0.2, -0.15) is 0 Å². The van der Waals surface area contributed by atoms with Gasteiger partial charge < -0.3 is 15.0 Å². The third kappa shape index (κ3) is 5.74. The number of benzene rings is 1. The van der Waals surface area contributed by atoms with Crippen molar-refractivity contribution in [1.29, 1.82) is 0 Å².